The van der Waals surface area contributed by atoms with Crippen LogP contribution in [0.5, 0.6) is 0 Å². The van der Waals surface area contributed by atoms with Crippen molar-refractivity contribution in [3.05, 3.63) is 11.9 Å². The minimum Gasteiger partial charge on any atom is -0.396 e. The average molecular weight is 239 g/mol. The lowest BCUT2D eigenvalue weighted by atomic mass is 10.3. The zero-order valence-corrected chi connectivity index (χ0v) is 10.0. The highest BCUT2D eigenvalue weighted by molar-refractivity contribution is 5.99. The summed E-state index contributed by atoms with van der Waals surface area (Å²) in [5.41, 5.74) is 11.4. The number of carbonyl (C=O) groups is 2. The van der Waals surface area contributed by atoms with Crippen molar-refractivity contribution in [2.45, 2.75) is 20.4 Å². The Balaban J connectivity index is 3.00. The molecule has 4 N–H and O–H groups in total. The van der Waals surface area contributed by atoms with Crippen molar-refractivity contribution in [2.24, 2.45) is 5.73 Å². The van der Waals surface area contributed by atoms with Crippen molar-refractivity contribution in [3.8, 4) is 0 Å². The zero-order valence-electron chi connectivity index (χ0n) is 10.0. The van der Waals surface area contributed by atoms with E-state index in [0.717, 1.165) is 0 Å². The van der Waals surface area contributed by atoms with E-state index in [1.165, 1.54) is 15.8 Å². The fraction of sp³-hybridized carbons (Fsp3) is 0.500. The molecule has 0 spiro atoms. The van der Waals surface area contributed by atoms with Gasteiger partial charge in [0.15, 0.2) is 0 Å². The fourth-order valence-corrected chi connectivity index (χ4v) is 1.54. The predicted molar refractivity (Wildman–Crippen MR) is 63.1 cm³/mol. The highest BCUT2D eigenvalue weighted by atomic mass is 16.2. The molecule has 1 heterocycles. The van der Waals surface area contributed by atoms with Gasteiger partial charge in [-0.15, -0.1) is 0 Å². The van der Waals surface area contributed by atoms with E-state index in [1.807, 2.05) is 6.92 Å². The van der Waals surface area contributed by atoms with E-state index in [1.54, 1.807) is 6.92 Å². The van der Waals surface area contributed by atoms with Gasteiger partial charge in [0.25, 0.3) is 5.91 Å². The summed E-state index contributed by atoms with van der Waals surface area (Å²) < 4.78 is 1.50. The molecule has 7 nitrogen and oxygen atoms in total. The number of aromatic nitrogens is 2. The van der Waals surface area contributed by atoms with Gasteiger partial charge in [-0.3, -0.25) is 14.3 Å². The van der Waals surface area contributed by atoms with Crippen LogP contribution in [0.3, 0.4) is 0 Å². The summed E-state index contributed by atoms with van der Waals surface area (Å²) >= 11 is 0. The Morgan fingerprint density at radius 2 is 2.12 bits per heavy atom. The summed E-state index contributed by atoms with van der Waals surface area (Å²) in [4.78, 5) is 24.3. The maximum Gasteiger partial charge on any atom is 0.274 e. The summed E-state index contributed by atoms with van der Waals surface area (Å²) in [5.74, 6) is -0.885. The molecule has 94 valence electrons. The third-order valence-electron chi connectivity index (χ3n) is 2.39. The van der Waals surface area contributed by atoms with E-state index < -0.39 is 5.91 Å². The number of likely N-dealkylation sites (N-methyl/N-ethyl adjacent to an activating group) is 1. The third-order valence-corrected chi connectivity index (χ3v) is 2.39. The van der Waals surface area contributed by atoms with E-state index in [-0.39, 0.29) is 12.5 Å². The molecule has 1 rings (SSSR count). The molecule has 0 radical (unpaired) electrons. The van der Waals surface area contributed by atoms with Gasteiger partial charge in [-0.25, -0.2) is 0 Å². The number of anilines is 1. The Hall–Kier alpha value is -2.05. The number of nitrogen functional groups attached to an aromatic ring is 1. The fourth-order valence-electron chi connectivity index (χ4n) is 1.54. The molecule has 0 aliphatic heterocycles. The first-order valence-electron chi connectivity index (χ1n) is 5.40. The largest absolute Gasteiger partial charge is 0.396 e. The van der Waals surface area contributed by atoms with Crippen molar-refractivity contribution in [2.75, 3.05) is 18.8 Å². The van der Waals surface area contributed by atoms with Gasteiger partial charge in [0, 0.05) is 13.1 Å². The van der Waals surface area contributed by atoms with Crippen LogP contribution in [0.4, 0.5) is 5.69 Å². The van der Waals surface area contributed by atoms with E-state index in [2.05, 4.69) is 5.10 Å². The molecule has 0 saturated carbocycles. The summed E-state index contributed by atoms with van der Waals surface area (Å²) in [6.07, 6.45) is 1.43. The van der Waals surface area contributed by atoms with Crippen LogP contribution < -0.4 is 11.5 Å². The van der Waals surface area contributed by atoms with E-state index in [4.69, 9.17) is 11.5 Å². The molecule has 1 aromatic rings. The van der Waals surface area contributed by atoms with Crippen LogP contribution >= 0.6 is 0 Å². The van der Waals surface area contributed by atoms with Gasteiger partial charge in [0.1, 0.15) is 5.69 Å². The highest BCUT2D eigenvalue weighted by Gasteiger charge is 2.22. The van der Waals surface area contributed by atoms with Crippen molar-refractivity contribution in [1.82, 2.24) is 14.7 Å². The normalized spacial score (nSPS) is 10.2. The van der Waals surface area contributed by atoms with Crippen molar-refractivity contribution >= 4 is 17.5 Å². The molecule has 0 aromatic carbocycles. The second-order valence-corrected chi connectivity index (χ2v) is 3.55. The van der Waals surface area contributed by atoms with Crippen LogP contribution in [0.1, 0.15) is 24.3 Å². The molecule has 17 heavy (non-hydrogen) atoms. The van der Waals surface area contributed by atoms with E-state index in [9.17, 15) is 9.59 Å². The lowest BCUT2D eigenvalue weighted by molar-refractivity contribution is -0.118. The average Bonchev–Trinajstić information content (AvgIpc) is 2.66. The lowest BCUT2D eigenvalue weighted by Gasteiger charge is -2.19. The monoisotopic (exact) mass is 239 g/mol. The quantitative estimate of drug-likeness (QED) is 0.717. The molecular weight excluding hydrogens is 222 g/mol. The summed E-state index contributed by atoms with van der Waals surface area (Å²) in [6, 6.07) is 0. The standard InChI is InChI=1S/C10H17N5O2/c1-3-14(6-8(12)16)10(17)9-7(11)5-13-15(9)4-2/h5H,3-4,6,11H2,1-2H3,(H2,12,16). The molecule has 0 aliphatic rings. The first-order chi connectivity index (χ1) is 8.01. The number of hydrogen-bond donors (Lipinski definition) is 2. The Kier molecular flexibility index (Phi) is 4.08. The third kappa shape index (κ3) is 2.74. The van der Waals surface area contributed by atoms with Crippen LogP contribution in [0.2, 0.25) is 0 Å². The van der Waals surface area contributed by atoms with Crippen molar-refractivity contribution < 1.29 is 9.59 Å². The smallest absolute Gasteiger partial charge is 0.274 e. The number of carbonyl (C=O) groups excluding carboxylic acids is 2. The van der Waals surface area contributed by atoms with Gasteiger partial charge in [-0.1, -0.05) is 0 Å². The zero-order chi connectivity index (χ0) is 13.0. The summed E-state index contributed by atoms with van der Waals surface area (Å²) in [6.45, 7) is 4.42. The van der Waals surface area contributed by atoms with Gasteiger partial charge in [-0.2, -0.15) is 5.10 Å². The number of aryl methyl sites for hydroxylation is 1. The molecule has 0 saturated heterocycles. The van der Waals surface area contributed by atoms with Crippen LogP contribution in [-0.2, 0) is 11.3 Å². The number of nitrogens with two attached hydrogens (primary N) is 2. The first kappa shape index (κ1) is 13.0. The number of primary amides is 1. The number of rotatable bonds is 5. The van der Waals surface area contributed by atoms with E-state index >= 15 is 0 Å². The summed E-state index contributed by atoms with van der Waals surface area (Å²) in [5, 5.41) is 3.98. The number of hydrogen-bond acceptors (Lipinski definition) is 4. The predicted octanol–water partition coefficient (Wildman–Crippen LogP) is -0.567. The van der Waals surface area contributed by atoms with Gasteiger partial charge < -0.3 is 16.4 Å². The maximum absolute atomic E-state index is 12.2. The molecular formula is C10H17N5O2. The Bertz CT molecular complexity index is 426. The van der Waals surface area contributed by atoms with Crippen LogP contribution in [0.25, 0.3) is 0 Å². The maximum atomic E-state index is 12.2. The van der Waals surface area contributed by atoms with Gasteiger partial charge in [0.2, 0.25) is 5.91 Å². The summed E-state index contributed by atoms with van der Waals surface area (Å²) in [7, 11) is 0. The number of amides is 2. The SMILES string of the molecule is CCN(CC(N)=O)C(=O)c1c(N)cnn1CC. The molecule has 0 atom stereocenters. The Labute approximate surface area is 99.4 Å². The molecule has 0 aliphatic carbocycles. The van der Waals surface area contributed by atoms with Crippen LogP contribution in [0.15, 0.2) is 6.20 Å². The van der Waals surface area contributed by atoms with Crippen molar-refractivity contribution in [3.63, 3.8) is 0 Å². The molecule has 0 fully saturated rings. The van der Waals surface area contributed by atoms with Crippen LogP contribution in [-0.4, -0.2) is 39.6 Å². The molecule has 0 bridgehead atoms. The van der Waals surface area contributed by atoms with Crippen LogP contribution in [0, 0.1) is 0 Å². The van der Waals surface area contributed by atoms with Gasteiger partial charge in [0.05, 0.1) is 18.4 Å². The second-order valence-electron chi connectivity index (χ2n) is 3.55. The van der Waals surface area contributed by atoms with Gasteiger partial charge in [-0.05, 0) is 13.8 Å². The lowest BCUT2D eigenvalue weighted by Crippen LogP contribution is -2.39. The molecule has 2 amide bonds. The second kappa shape index (κ2) is 5.33. The minimum atomic E-state index is -0.554. The topological polar surface area (TPSA) is 107 Å². The Morgan fingerprint density at radius 3 is 2.59 bits per heavy atom. The molecule has 1 aromatic heterocycles. The molecule has 0 unspecified atom stereocenters. The minimum absolute atomic E-state index is 0.121. The van der Waals surface area contributed by atoms with Crippen molar-refractivity contribution in [1.29, 1.82) is 0 Å². The van der Waals surface area contributed by atoms with E-state index in [0.29, 0.717) is 24.5 Å². The number of nitrogens with zero attached hydrogens (tertiary/aromatic N) is 3. The Morgan fingerprint density at radius 1 is 1.47 bits per heavy atom. The van der Waals surface area contributed by atoms with Gasteiger partial charge >= 0.3 is 0 Å². The highest BCUT2D eigenvalue weighted by Crippen LogP contribution is 2.13. The molecule has 7 heteroatoms. The first-order valence-corrected chi connectivity index (χ1v) is 5.40.